The normalized spacial score (nSPS) is 12.2. The Labute approximate surface area is 113 Å². The van der Waals surface area contributed by atoms with Gasteiger partial charge < -0.3 is 4.74 Å². The minimum Gasteiger partial charge on any atom is -0.494 e. The lowest BCUT2D eigenvalue weighted by molar-refractivity contribution is 0.386. The highest BCUT2D eigenvalue weighted by molar-refractivity contribution is 9.09. The summed E-state index contributed by atoms with van der Waals surface area (Å²) in [5.74, 6) is -0.501. The summed E-state index contributed by atoms with van der Waals surface area (Å²) in [5, 5.41) is 0. The fourth-order valence-corrected chi connectivity index (χ4v) is 2.25. The van der Waals surface area contributed by atoms with E-state index in [0.29, 0.717) is 0 Å². The molecule has 1 nitrogen and oxygen atoms in total. The summed E-state index contributed by atoms with van der Waals surface area (Å²) in [6, 6.07) is 10.8. The average Bonchev–Trinajstić information content (AvgIpc) is 2.38. The van der Waals surface area contributed by atoms with Crippen molar-refractivity contribution in [3.05, 3.63) is 65.2 Å². The Bertz CT molecular complexity index is 540. The molecular formula is C14H11BrF2O. The van der Waals surface area contributed by atoms with Gasteiger partial charge in [0.05, 0.1) is 11.9 Å². The van der Waals surface area contributed by atoms with Crippen LogP contribution in [0.5, 0.6) is 5.75 Å². The molecule has 94 valence electrons. The molecule has 0 aliphatic carbocycles. The van der Waals surface area contributed by atoms with E-state index in [9.17, 15) is 8.78 Å². The van der Waals surface area contributed by atoms with E-state index < -0.39 is 5.82 Å². The molecule has 0 radical (unpaired) electrons. The molecule has 1 atom stereocenters. The molecule has 1 unspecified atom stereocenters. The Hall–Kier alpha value is -1.42. The fraction of sp³-hybridized carbons (Fsp3) is 0.143. The molecule has 0 saturated carbocycles. The van der Waals surface area contributed by atoms with E-state index in [-0.39, 0.29) is 16.4 Å². The summed E-state index contributed by atoms with van der Waals surface area (Å²) in [6.07, 6.45) is 0. The van der Waals surface area contributed by atoms with Crippen molar-refractivity contribution in [2.75, 3.05) is 7.11 Å². The van der Waals surface area contributed by atoms with E-state index in [1.165, 1.54) is 25.3 Å². The van der Waals surface area contributed by atoms with Gasteiger partial charge in [-0.3, -0.25) is 0 Å². The zero-order valence-electron chi connectivity index (χ0n) is 9.66. The molecule has 0 aromatic heterocycles. The molecule has 2 aromatic rings. The van der Waals surface area contributed by atoms with Crippen LogP contribution in [0.3, 0.4) is 0 Å². The van der Waals surface area contributed by atoms with Gasteiger partial charge in [-0.05, 0) is 35.4 Å². The summed E-state index contributed by atoms with van der Waals surface area (Å²) in [7, 11) is 1.42. The predicted octanol–water partition coefficient (Wildman–Crippen LogP) is 4.46. The second kappa shape index (κ2) is 5.48. The molecule has 18 heavy (non-hydrogen) atoms. The van der Waals surface area contributed by atoms with Crippen LogP contribution in [0.15, 0.2) is 42.5 Å². The van der Waals surface area contributed by atoms with Gasteiger partial charge in [0.15, 0.2) is 11.6 Å². The quantitative estimate of drug-likeness (QED) is 0.760. The van der Waals surface area contributed by atoms with Crippen LogP contribution in [0.1, 0.15) is 16.0 Å². The van der Waals surface area contributed by atoms with Crippen molar-refractivity contribution in [1.82, 2.24) is 0 Å². The SMILES string of the molecule is COc1ccc(C(Br)c2ccc(F)cc2)cc1F. The third-order valence-corrected chi connectivity index (χ3v) is 3.69. The number of halogens is 3. The largest absolute Gasteiger partial charge is 0.494 e. The van der Waals surface area contributed by atoms with E-state index in [4.69, 9.17) is 4.74 Å². The summed E-state index contributed by atoms with van der Waals surface area (Å²) >= 11 is 3.47. The van der Waals surface area contributed by atoms with Gasteiger partial charge in [-0.2, -0.15) is 0 Å². The predicted molar refractivity (Wildman–Crippen MR) is 70.1 cm³/mol. The second-order valence-corrected chi connectivity index (χ2v) is 4.72. The third-order valence-electron chi connectivity index (χ3n) is 2.63. The fourth-order valence-electron chi connectivity index (χ4n) is 1.66. The van der Waals surface area contributed by atoms with E-state index in [1.54, 1.807) is 24.3 Å². The molecule has 2 rings (SSSR count). The third kappa shape index (κ3) is 2.70. The van der Waals surface area contributed by atoms with E-state index in [0.717, 1.165) is 11.1 Å². The van der Waals surface area contributed by atoms with Crippen LogP contribution in [0.25, 0.3) is 0 Å². The van der Waals surface area contributed by atoms with Crippen molar-refractivity contribution in [3.8, 4) is 5.75 Å². The van der Waals surface area contributed by atoms with Crippen LogP contribution in [-0.4, -0.2) is 7.11 Å². The first-order valence-corrected chi connectivity index (χ1v) is 6.26. The summed E-state index contributed by atoms with van der Waals surface area (Å²) in [6.45, 7) is 0. The smallest absolute Gasteiger partial charge is 0.165 e. The molecule has 0 amide bonds. The van der Waals surface area contributed by atoms with Crippen LogP contribution >= 0.6 is 15.9 Å². The monoisotopic (exact) mass is 312 g/mol. The minimum atomic E-state index is -0.415. The number of ether oxygens (including phenoxy) is 1. The zero-order chi connectivity index (χ0) is 13.1. The lowest BCUT2D eigenvalue weighted by atomic mass is 10.0. The number of methoxy groups -OCH3 is 1. The standard InChI is InChI=1S/C14H11BrF2O/c1-18-13-7-4-10(8-12(13)17)14(15)9-2-5-11(16)6-3-9/h2-8,14H,1H3. The summed E-state index contributed by atoms with van der Waals surface area (Å²) in [5.41, 5.74) is 1.61. The molecule has 0 spiro atoms. The van der Waals surface area contributed by atoms with E-state index >= 15 is 0 Å². The maximum Gasteiger partial charge on any atom is 0.165 e. The summed E-state index contributed by atoms with van der Waals surface area (Å²) in [4.78, 5) is -0.182. The molecule has 0 saturated heterocycles. The Morgan fingerprint density at radius 3 is 2.17 bits per heavy atom. The van der Waals surface area contributed by atoms with Crippen LogP contribution in [0.4, 0.5) is 8.78 Å². The number of benzene rings is 2. The van der Waals surface area contributed by atoms with Gasteiger partial charge in [0.1, 0.15) is 5.82 Å². The van der Waals surface area contributed by atoms with Gasteiger partial charge in [-0.25, -0.2) is 8.78 Å². The number of alkyl halides is 1. The van der Waals surface area contributed by atoms with Crippen molar-refractivity contribution >= 4 is 15.9 Å². The van der Waals surface area contributed by atoms with Gasteiger partial charge in [-0.1, -0.05) is 34.1 Å². The topological polar surface area (TPSA) is 9.23 Å². The zero-order valence-corrected chi connectivity index (χ0v) is 11.2. The van der Waals surface area contributed by atoms with Gasteiger partial charge in [0.2, 0.25) is 0 Å². The number of rotatable bonds is 3. The molecule has 2 aromatic carbocycles. The van der Waals surface area contributed by atoms with Gasteiger partial charge in [0, 0.05) is 0 Å². The number of hydrogen-bond acceptors (Lipinski definition) is 1. The van der Waals surface area contributed by atoms with Gasteiger partial charge in [0.25, 0.3) is 0 Å². The first kappa shape index (κ1) is 13.0. The molecule has 0 aliphatic rings. The van der Waals surface area contributed by atoms with Crippen LogP contribution < -0.4 is 4.74 Å². The Morgan fingerprint density at radius 1 is 1.00 bits per heavy atom. The Kier molecular flexibility index (Phi) is 3.97. The summed E-state index contributed by atoms with van der Waals surface area (Å²) < 4.78 is 31.3. The molecule has 0 N–H and O–H groups in total. The number of hydrogen-bond donors (Lipinski definition) is 0. The highest BCUT2D eigenvalue weighted by Crippen LogP contribution is 2.32. The lowest BCUT2D eigenvalue weighted by Gasteiger charge is -2.12. The van der Waals surface area contributed by atoms with Crippen molar-refractivity contribution < 1.29 is 13.5 Å². The van der Waals surface area contributed by atoms with Gasteiger partial charge >= 0.3 is 0 Å². The molecule has 0 fully saturated rings. The lowest BCUT2D eigenvalue weighted by Crippen LogP contribution is -1.95. The molecule has 4 heteroatoms. The highest BCUT2D eigenvalue weighted by Gasteiger charge is 2.13. The molecule has 0 heterocycles. The molecule has 0 aliphatic heterocycles. The van der Waals surface area contributed by atoms with Crippen molar-refractivity contribution in [3.63, 3.8) is 0 Å². The van der Waals surface area contributed by atoms with Crippen LogP contribution in [0, 0.1) is 11.6 Å². The van der Waals surface area contributed by atoms with Gasteiger partial charge in [-0.15, -0.1) is 0 Å². The first-order valence-electron chi connectivity index (χ1n) is 5.35. The van der Waals surface area contributed by atoms with Crippen LogP contribution in [0.2, 0.25) is 0 Å². The first-order chi connectivity index (χ1) is 8.61. The molecular weight excluding hydrogens is 302 g/mol. The average molecular weight is 313 g/mol. The van der Waals surface area contributed by atoms with E-state index in [2.05, 4.69) is 15.9 Å². The molecule has 0 bridgehead atoms. The van der Waals surface area contributed by atoms with Crippen molar-refractivity contribution in [1.29, 1.82) is 0 Å². The second-order valence-electron chi connectivity index (χ2n) is 3.81. The Balaban J connectivity index is 2.31. The van der Waals surface area contributed by atoms with Crippen molar-refractivity contribution in [2.45, 2.75) is 4.83 Å². The van der Waals surface area contributed by atoms with E-state index in [1.807, 2.05) is 0 Å². The Morgan fingerprint density at radius 2 is 1.61 bits per heavy atom. The highest BCUT2D eigenvalue weighted by atomic mass is 79.9. The van der Waals surface area contributed by atoms with Crippen molar-refractivity contribution in [2.24, 2.45) is 0 Å². The minimum absolute atomic E-state index is 0.182. The maximum atomic E-state index is 13.6. The maximum absolute atomic E-state index is 13.6. The van der Waals surface area contributed by atoms with Crippen LogP contribution in [-0.2, 0) is 0 Å².